The summed E-state index contributed by atoms with van der Waals surface area (Å²) in [6.45, 7) is 1.08. The largest absolute Gasteiger partial charge is 0.323 e. The maximum absolute atomic E-state index is 13.0. The lowest BCUT2D eigenvalue weighted by molar-refractivity contribution is 0.189. The molecule has 94 valence electrons. The number of hydrogen-bond donors (Lipinski definition) is 1. The van der Waals surface area contributed by atoms with E-state index in [-0.39, 0.29) is 17.8 Å². The second-order valence-corrected chi connectivity index (χ2v) is 4.35. The molecule has 2 amide bonds. The van der Waals surface area contributed by atoms with Crippen LogP contribution in [0.4, 0.5) is 14.9 Å². The Bertz CT molecular complexity index is 483. The molecule has 1 N–H and O–H groups in total. The number of nitriles is 1. The molecule has 2 rings (SSSR count). The third-order valence-electron chi connectivity index (χ3n) is 2.97. The molecule has 0 saturated carbocycles. The van der Waals surface area contributed by atoms with Gasteiger partial charge in [0, 0.05) is 18.8 Å². The second-order valence-electron chi connectivity index (χ2n) is 4.35. The van der Waals surface area contributed by atoms with Crippen molar-refractivity contribution in [2.75, 3.05) is 18.4 Å². The van der Waals surface area contributed by atoms with Crippen LogP contribution < -0.4 is 5.32 Å². The molecule has 1 atom stereocenters. The lowest BCUT2D eigenvalue weighted by Gasteiger charge is -2.29. The first-order chi connectivity index (χ1) is 8.69. The summed E-state index contributed by atoms with van der Waals surface area (Å²) in [5.41, 5.74) is 0.430. The second kappa shape index (κ2) is 5.50. The summed E-state index contributed by atoms with van der Waals surface area (Å²) in [4.78, 5) is 13.5. The van der Waals surface area contributed by atoms with Gasteiger partial charge < -0.3 is 10.2 Å². The minimum Gasteiger partial charge on any atom is -0.323 e. The van der Waals surface area contributed by atoms with Crippen molar-refractivity contribution in [3.05, 3.63) is 30.1 Å². The fourth-order valence-electron chi connectivity index (χ4n) is 2.04. The molecule has 1 fully saturated rings. The van der Waals surface area contributed by atoms with E-state index in [1.54, 1.807) is 17.0 Å². The summed E-state index contributed by atoms with van der Waals surface area (Å²) in [5.74, 6) is -0.488. The molecule has 0 spiro atoms. The zero-order valence-corrected chi connectivity index (χ0v) is 9.90. The number of nitrogens with one attached hydrogen (secondary N) is 1. The Morgan fingerprint density at radius 3 is 3.11 bits per heavy atom. The number of benzene rings is 1. The highest BCUT2D eigenvalue weighted by atomic mass is 19.1. The number of likely N-dealkylation sites (tertiary alicyclic amines) is 1. The van der Waals surface area contributed by atoms with Gasteiger partial charge in [0.05, 0.1) is 12.0 Å². The third-order valence-corrected chi connectivity index (χ3v) is 2.97. The van der Waals surface area contributed by atoms with Crippen LogP contribution in [0.3, 0.4) is 0 Å². The highest BCUT2D eigenvalue weighted by molar-refractivity contribution is 5.89. The maximum atomic E-state index is 13.0. The van der Waals surface area contributed by atoms with Crippen LogP contribution >= 0.6 is 0 Å². The molecular formula is C13H14FN3O. The Labute approximate surface area is 105 Å². The van der Waals surface area contributed by atoms with Crippen LogP contribution in [0.2, 0.25) is 0 Å². The Morgan fingerprint density at radius 2 is 2.39 bits per heavy atom. The van der Waals surface area contributed by atoms with Crippen LogP contribution in [0, 0.1) is 23.1 Å². The summed E-state index contributed by atoms with van der Waals surface area (Å²) in [5, 5.41) is 11.5. The third kappa shape index (κ3) is 2.98. The molecule has 18 heavy (non-hydrogen) atoms. The van der Waals surface area contributed by atoms with E-state index in [0.717, 1.165) is 12.8 Å². The summed E-state index contributed by atoms with van der Waals surface area (Å²) < 4.78 is 13.0. The van der Waals surface area contributed by atoms with Crippen molar-refractivity contribution in [3.8, 4) is 6.07 Å². The van der Waals surface area contributed by atoms with Crippen LogP contribution in [0.1, 0.15) is 12.8 Å². The maximum Gasteiger partial charge on any atom is 0.321 e. The van der Waals surface area contributed by atoms with E-state index < -0.39 is 0 Å². The lowest BCUT2D eigenvalue weighted by atomic mass is 10.0. The average molecular weight is 247 g/mol. The van der Waals surface area contributed by atoms with Crippen molar-refractivity contribution in [1.29, 1.82) is 5.26 Å². The van der Waals surface area contributed by atoms with E-state index in [2.05, 4.69) is 11.4 Å². The molecule has 4 nitrogen and oxygen atoms in total. The molecule has 1 aromatic carbocycles. The molecule has 1 aliphatic rings. The van der Waals surface area contributed by atoms with Crippen molar-refractivity contribution in [3.63, 3.8) is 0 Å². The first-order valence-electron chi connectivity index (χ1n) is 5.90. The molecule has 0 radical (unpaired) electrons. The monoisotopic (exact) mass is 247 g/mol. The minimum absolute atomic E-state index is 0.1000. The highest BCUT2D eigenvalue weighted by Crippen LogP contribution is 2.17. The summed E-state index contributed by atoms with van der Waals surface area (Å²) in [7, 11) is 0. The van der Waals surface area contributed by atoms with Crippen molar-refractivity contribution < 1.29 is 9.18 Å². The standard InChI is InChI=1S/C13H14FN3O/c14-11-4-1-5-12(7-11)16-13(18)17-6-2-3-10(8-15)9-17/h1,4-5,7,10H,2-3,6,9H2,(H,16,18). The van der Waals surface area contributed by atoms with E-state index in [0.29, 0.717) is 18.8 Å². The number of carbonyl (C=O) groups excluding carboxylic acids is 1. The van der Waals surface area contributed by atoms with Gasteiger partial charge in [-0.3, -0.25) is 0 Å². The van der Waals surface area contributed by atoms with E-state index in [1.807, 2.05) is 0 Å². The Balaban J connectivity index is 1.98. The number of halogens is 1. The predicted octanol–water partition coefficient (Wildman–Crippen LogP) is 2.59. The van der Waals surface area contributed by atoms with Gasteiger partial charge in [0.15, 0.2) is 0 Å². The quantitative estimate of drug-likeness (QED) is 0.829. The van der Waals surface area contributed by atoms with Gasteiger partial charge >= 0.3 is 6.03 Å². The van der Waals surface area contributed by atoms with Gasteiger partial charge in [-0.1, -0.05) is 6.07 Å². The topological polar surface area (TPSA) is 56.1 Å². The first kappa shape index (κ1) is 12.4. The number of hydrogen-bond acceptors (Lipinski definition) is 2. The van der Waals surface area contributed by atoms with Crippen molar-refractivity contribution in [2.45, 2.75) is 12.8 Å². The number of urea groups is 1. The molecular weight excluding hydrogens is 233 g/mol. The van der Waals surface area contributed by atoms with Crippen molar-refractivity contribution in [1.82, 2.24) is 4.90 Å². The van der Waals surface area contributed by atoms with Gasteiger partial charge in [0.1, 0.15) is 5.82 Å². The molecule has 0 aliphatic carbocycles. The Kier molecular flexibility index (Phi) is 3.78. The van der Waals surface area contributed by atoms with Gasteiger partial charge in [-0.05, 0) is 31.0 Å². The molecule has 1 aliphatic heterocycles. The fraction of sp³-hybridized carbons (Fsp3) is 0.385. The molecule has 0 bridgehead atoms. The molecule has 1 saturated heterocycles. The molecule has 1 unspecified atom stereocenters. The molecule has 5 heteroatoms. The number of amides is 2. The number of carbonyl (C=O) groups is 1. The Hall–Kier alpha value is -2.09. The van der Waals surface area contributed by atoms with E-state index >= 15 is 0 Å². The smallest absolute Gasteiger partial charge is 0.321 e. The summed E-state index contributed by atoms with van der Waals surface area (Å²) in [6, 6.07) is 7.66. The molecule has 1 aromatic rings. The van der Waals surface area contributed by atoms with E-state index in [9.17, 15) is 9.18 Å². The predicted molar refractivity (Wildman–Crippen MR) is 65.3 cm³/mol. The number of anilines is 1. The van der Waals surface area contributed by atoms with Crippen LogP contribution in [0.5, 0.6) is 0 Å². The van der Waals surface area contributed by atoms with E-state index in [4.69, 9.17) is 5.26 Å². The van der Waals surface area contributed by atoms with Crippen molar-refractivity contribution >= 4 is 11.7 Å². The van der Waals surface area contributed by atoms with E-state index in [1.165, 1.54) is 12.1 Å². The van der Waals surface area contributed by atoms with Crippen LogP contribution in [-0.2, 0) is 0 Å². The van der Waals surface area contributed by atoms with Gasteiger partial charge in [-0.25, -0.2) is 9.18 Å². The zero-order valence-electron chi connectivity index (χ0n) is 9.90. The Morgan fingerprint density at radius 1 is 1.56 bits per heavy atom. The highest BCUT2D eigenvalue weighted by Gasteiger charge is 2.23. The summed E-state index contributed by atoms with van der Waals surface area (Å²) >= 11 is 0. The van der Waals surface area contributed by atoms with Crippen LogP contribution in [0.15, 0.2) is 24.3 Å². The van der Waals surface area contributed by atoms with Crippen LogP contribution in [-0.4, -0.2) is 24.0 Å². The normalized spacial score (nSPS) is 19.1. The number of piperidine rings is 1. The fourth-order valence-corrected chi connectivity index (χ4v) is 2.04. The number of nitrogens with zero attached hydrogens (tertiary/aromatic N) is 2. The van der Waals surface area contributed by atoms with Crippen molar-refractivity contribution in [2.24, 2.45) is 5.92 Å². The van der Waals surface area contributed by atoms with Gasteiger partial charge in [0.2, 0.25) is 0 Å². The zero-order chi connectivity index (χ0) is 13.0. The number of rotatable bonds is 1. The van der Waals surface area contributed by atoms with Crippen LogP contribution in [0.25, 0.3) is 0 Å². The summed E-state index contributed by atoms with van der Waals surface area (Å²) in [6.07, 6.45) is 1.66. The SMILES string of the molecule is N#CC1CCCN(C(=O)Nc2cccc(F)c2)C1. The molecule has 1 heterocycles. The molecule has 0 aromatic heterocycles. The van der Waals surface area contributed by atoms with Gasteiger partial charge in [0.25, 0.3) is 0 Å². The minimum atomic E-state index is -0.388. The average Bonchev–Trinajstić information content (AvgIpc) is 2.39. The lowest BCUT2D eigenvalue weighted by Crippen LogP contribution is -2.42. The van der Waals surface area contributed by atoms with Gasteiger partial charge in [-0.2, -0.15) is 5.26 Å². The van der Waals surface area contributed by atoms with Gasteiger partial charge in [-0.15, -0.1) is 0 Å². The first-order valence-corrected chi connectivity index (χ1v) is 5.90.